The molecule has 1 fully saturated rings. The van der Waals surface area contributed by atoms with Gasteiger partial charge in [0.05, 0.1) is 5.56 Å². The number of amides is 1. The molecule has 1 saturated heterocycles. The summed E-state index contributed by atoms with van der Waals surface area (Å²) in [5.41, 5.74) is 3.15. The summed E-state index contributed by atoms with van der Waals surface area (Å²) in [7, 11) is 2.03. The molecule has 156 valence electrons. The summed E-state index contributed by atoms with van der Waals surface area (Å²) in [6, 6.07) is 8.74. The molecule has 1 unspecified atom stereocenters. The number of anilines is 1. The predicted octanol–water partition coefficient (Wildman–Crippen LogP) is 3.33. The summed E-state index contributed by atoms with van der Waals surface area (Å²) in [6.07, 6.45) is 4.02. The summed E-state index contributed by atoms with van der Waals surface area (Å²) in [5.74, 6) is 0.414. The molecule has 1 aromatic carbocycles. The normalized spacial score (nSPS) is 20.7. The molecule has 1 atom stereocenters. The quantitative estimate of drug-likeness (QED) is 0.774. The molecule has 0 spiro atoms. The highest BCUT2D eigenvalue weighted by molar-refractivity contribution is 5.96. The first kappa shape index (κ1) is 20.0. The van der Waals surface area contributed by atoms with E-state index >= 15 is 0 Å². The van der Waals surface area contributed by atoms with Gasteiger partial charge in [0, 0.05) is 63.9 Å². The van der Waals surface area contributed by atoms with Crippen LogP contribution in [0.4, 0.5) is 10.1 Å². The van der Waals surface area contributed by atoms with E-state index in [1.807, 2.05) is 36.3 Å². The number of hydrogen-bond acceptors (Lipinski definition) is 3. The summed E-state index contributed by atoms with van der Waals surface area (Å²) in [6.45, 7) is 8.81. The van der Waals surface area contributed by atoms with Crippen LogP contribution in [0.1, 0.15) is 41.7 Å². The number of carbonyl (C=O) groups excluding carboxylic acids is 1. The Balaban J connectivity index is 1.26. The smallest absolute Gasteiger partial charge is 0.255 e. The number of fused-ring (bicyclic) bond motifs is 1. The molecule has 2 aromatic rings. The zero-order valence-corrected chi connectivity index (χ0v) is 17.5. The summed E-state index contributed by atoms with van der Waals surface area (Å²) in [4.78, 5) is 19.8. The van der Waals surface area contributed by atoms with Gasteiger partial charge in [-0.05, 0) is 55.6 Å². The van der Waals surface area contributed by atoms with Gasteiger partial charge in [0.2, 0.25) is 0 Å². The fourth-order valence-corrected chi connectivity index (χ4v) is 4.67. The molecule has 4 rings (SSSR count). The first-order valence-corrected chi connectivity index (χ1v) is 10.7. The molecular weight excluding hydrogens is 367 g/mol. The van der Waals surface area contributed by atoms with Crippen LogP contribution in [0.25, 0.3) is 0 Å². The van der Waals surface area contributed by atoms with E-state index in [1.54, 1.807) is 0 Å². The van der Waals surface area contributed by atoms with Gasteiger partial charge >= 0.3 is 0 Å². The molecule has 5 nitrogen and oxygen atoms in total. The number of rotatable bonds is 5. The van der Waals surface area contributed by atoms with Crippen LogP contribution >= 0.6 is 0 Å². The second-order valence-electron chi connectivity index (χ2n) is 8.37. The van der Waals surface area contributed by atoms with Crippen LogP contribution in [0, 0.1) is 5.82 Å². The largest absolute Gasteiger partial charge is 0.369 e. The maximum absolute atomic E-state index is 13.1. The third-order valence-electron chi connectivity index (χ3n) is 6.40. The van der Waals surface area contributed by atoms with Gasteiger partial charge in [-0.25, -0.2) is 4.39 Å². The van der Waals surface area contributed by atoms with E-state index in [4.69, 9.17) is 0 Å². The van der Waals surface area contributed by atoms with E-state index in [0.29, 0.717) is 5.92 Å². The van der Waals surface area contributed by atoms with Gasteiger partial charge in [-0.3, -0.25) is 9.69 Å². The topological polar surface area (TPSA) is 31.7 Å². The van der Waals surface area contributed by atoms with Crippen LogP contribution in [0.5, 0.6) is 0 Å². The Labute approximate surface area is 172 Å². The lowest BCUT2D eigenvalue weighted by Gasteiger charge is -2.36. The van der Waals surface area contributed by atoms with Crippen molar-refractivity contribution < 1.29 is 9.18 Å². The predicted molar refractivity (Wildman–Crippen MR) is 114 cm³/mol. The Kier molecular flexibility index (Phi) is 5.90. The molecule has 3 heterocycles. The number of aromatic nitrogens is 1. The van der Waals surface area contributed by atoms with Crippen LogP contribution in [0.2, 0.25) is 0 Å². The van der Waals surface area contributed by atoms with Crippen molar-refractivity contribution in [1.29, 1.82) is 0 Å². The van der Waals surface area contributed by atoms with Gasteiger partial charge in [-0.2, -0.15) is 0 Å². The van der Waals surface area contributed by atoms with Crippen molar-refractivity contribution in [1.82, 2.24) is 14.4 Å². The molecule has 1 amide bonds. The van der Waals surface area contributed by atoms with Crippen molar-refractivity contribution in [2.75, 3.05) is 50.7 Å². The number of piperazine rings is 1. The maximum Gasteiger partial charge on any atom is 0.255 e. The molecule has 1 aromatic heterocycles. The van der Waals surface area contributed by atoms with Gasteiger partial charge in [0.15, 0.2) is 0 Å². The monoisotopic (exact) mass is 398 g/mol. The Morgan fingerprint density at radius 3 is 2.45 bits per heavy atom. The Hall–Kier alpha value is -2.34. The molecule has 0 saturated carbocycles. The molecule has 2 aliphatic rings. The van der Waals surface area contributed by atoms with Gasteiger partial charge < -0.3 is 14.4 Å². The highest BCUT2D eigenvalue weighted by atomic mass is 19.1. The van der Waals surface area contributed by atoms with Gasteiger partial charge in [-0.15, -0.1) is 0 Å². The number of hydrogen-bond donors (Lipinski definition) is 0. The highest BCUT2D eigenvalue weighted by Crippen LogP contribution is 2.28. The molecule has 6 heteroatoms. The van der Waals surface area contributed by atoms with Crippen LogP contribution in [-0.2, 0) is 7.05 Å². The fraction of sp³-hybridized carbons (Fsp3) is 0.522. The van der Waals surface area contributed by atoms with Crippen molar-refractivity contribution in [2.45, 2.75) is 25.7 Å². The van der Waals surface area contributed by atoms with Crippen LogP contribution in [0.15, 0.2) is 36.5 Å². The number of benzene rings is 1. The fourth-order valence-electron chi connectivity index (χ4n) is 4.67. The molecule has 0 aliphatic carbocycles. The highest BCUT2D eigenvalue weighted by Gasteiger charge is 2.28. The van der Waals surface area contributed by atoms with E-state index in [0.717, 1.165) is 69.9 Å². The minimum absolute atomic E-state index is 0.186. The lowest BCUT2D eigenvalue weighted by atomic mass is 10.0. The van der Waals surface area contributed by atoms with Gasteiger partial charge in [0.1, 0.15) is 5.82 Å². The van der Waals surface area contributed by atoms with E-state index in [9.17, 15) is 9.18 Å². The van der Waals surface area contributed by atoms with Gasteiger partial charge in [-0.1, -0.05) is 6.92 Å². The lowest BCUT2D eigenvalue weighted by molar-refractivity contribution is 0.0752. The van der Waals surface area contributed by atoms with Crippen molar-refractivity contribution in [3.8, 4) is 0 Å². The minimum atomic E-state index is -0.188. The standard InChI is InChI=1S/C23H31FN4O/c1-18-8-13-28(23(29)21-9-12-25(2)22(18)21)11-3-10-26-14-16-27(17-15-26)20-6-4-19(24)5-7-20/h4-7,9,12,18H,3,8,10-11,13-17H2,1-2H3. The van der Waals surface area contributed by atoms with E-state index < -0.39 is 0 Å². The average Bonchev–Trinajstić information content (AvgIpc) is 3.07. The van der Waals surface area contributed by atoms with Crippen molar-refractivity contribution in [3.05, 3.63) is 53.6 Å². The second kappa shape index (κ2) is 8.57. The number of halogens is 1. The molecule has 0 bridgehead atoms. The van der Waals surface area contributed by atoms with Crippen molar-refractivity contribution in [2.24, 2.45) is 7.05 Å². The molecule has 0 N–H and O–H groups in total. The average molecular weight is 399 g/mol. The third kappa shape index (κ3) is 4.32. The number of aryl methyl sites for hydroxylation is 1. The number of nitrogens with zero attached hydrogens (tertiary/aromatic N) is 4. The zero-order chi connectivity index (χ0) is 20.4. The van der Waals surface area contributed by atoms with Crippen LogP contribution in [0.3, 0.4) is 0 Å². The summed E-state index contributed by atoms with van der Waals surface area (Å²) in [5, 5.41) is 0. The molecule has 29 heavy (non-hydrogen) atoms. The summed E-state index contributed by atoms with van der Waals surface area (Å²) >= 11 is 0. The zero-order valence-electron chi connectivity index (χ0n) is 17.5. The lowest BCUT2D eigenvalue weighted by Crippen LogP contribution is -2.47. The SMILES string of the molecule is CC1CCN(CCCN2CCN(c3ccc(F)cc3)CC2)C(=O)c2ccn(C)c21. The van der Waals surface area contributed by atoms with Crippen LogP contribution in [-0.4, -0.2) is 66.1 Å². The summed E-state index contributed by atoms with van der Waals surface area (Å²) < 4.78 is 15.2. The second-order valence-corrected chi connectivity index (χ2v) is 8.37. The Bertz CT molecular complexity index is 839. The van der Waals surface area contributed by atoms with E-state index in [2.05, 4.69) is 21.3 Å². The van der Waals surface area contributed by atoms with Crippen molar-refractivity contribution >= 4 is 11.6 Å². The van der Waals surface area contributed by atoms with Crippen LogP contribution < -0.4 is 4.90 Å². The molecule has 2 aliphatic heterocycles. The molecule has 0 radical (unpaired) electrons. The first-order chi connectivity index (χ1) is 14.0. The van der Waals surface area contributed by atoms with E-state index in [1.165, 1.54) is 17.8 Å². The Morgan fingerprint density at radius 1 is 1.00 bits per heavy atom. The van der Waals surface area contributed by atoms with Crippen molar-refractivity contribution in [3.63, 3.8) is 0 Å². The minimum Gasteiger partial charge on any atom is -0.369 e. The third-order valence-corrected chi connectivity index (χ3v) is 6.40. The van der Waals surface area contributed by atoms with Gasteiger partial charge in [0.25, 0.3) is 5.91 Å². The first-order valence-electron chi connectivity index (χ1n) is 10.7. The maximum atomic E-state index is 13.1. The van der Waals surface area contributed by atoms with E-state index in [-0.39, 0.29) is 11.7 Å². The Morgan fingerprint density at radius 2 is 1.72 bits per heavy atom. The number of carbonyl (C=O) groups is 1. The molecular formula is C23H31FN4O.